The first-order valence-corrected chi connectivity index (χ1v) is 7.49. The van der Waals surface area contributed by atoms with E-state index in [1.54, 1.807) is 19.1 Å². The van der Waals surface area contributed by atoms with E-state index in [9.17, 15) is 4.79 Å². The summed E-state index contributed by atoms with van der Waals surface area (Å²) in [5.74, 6) is 1.29. The maximum Gasteiger partial charge on any atom is 0.246 e. The number of aryl methyl sites for hydroxylation is 1. The number of fused-ring (bicyclic) bond motifs is 1. The molecule has 0 saturated heterocycles. The number of methoxy groups -OCH3 is 2. The van der Waals surface area contributed by atoms with E-state index in [4.69, 9.17) is 9.47 Å². The van der Waals surface area contributed by atoms with Crippen molar-refractivity contribution in [3.8, 4) is 11.5 Å². The molecule has 0 saturated carbocycles. The van der Waals surface area contributed by atoms with Gasteiger partial charge in [-0.3, -0.25) is 4.79 Å². The number of benzene rings is 2. The van der Waals surface area contributed by atoms with Crippen LogP contribution in [-0.4, -0.2) is 26.7 Å². The van der Waals surface area contributed by atoms with Gasteiger partial charge in [-0.1, -0.05) is 24.3 Å². The van der Waals surface area contributed by atoms with Crippen molar-refractivity contribution in [2.24, 2.45) is 0 Å². The summed E-state index contributed by atoms with van der Waals surface area (Å²) in [6.45, 7) is 2.86. The molecule has 2 aromatic rings. The summed E-state index contributed by atoms with van der Waals surface area (Å²) >= 11 is 0. The van der Waals surface area contributed by atoms with E-state index in [1.165, 1.54) is 5.56 Å². The molecule has 23 heavy (non-hydrogen) atoms. The topological polar surface area (TPSA) is 50.8 Å². The van der Waals surface area contributed by atoms with Crippen LogP contribution in [0.3, 0.4) is 0 Å². The molecule has 0 aliphatic carbocycles. The fourth-order valence-electron chi connectivity index (χ4n) is 2.76. The van der Waals surface area contributed by atoms with Gasteiger partial charge in [-0.05, 0) is 18.1 Å². The molecule has 0 unspecified atom stereocenters. The van der Waals surface area contributed by atoms with Crippen molar-refractivity contribution < 1.29 is 14.3 Å². The summed E-state index contributed by atoms with van der Waals surface area (Å²) in [5, 5.41) is 3.14. The normalized spacial score (nSPS) is 13.3. The van der Waals surface area contributed by atoms with Crippen LogP contribution in [0.15, 0.2) is 36.4 Å². The largest absolute Gasteiger partial charge is 0.493 e. The number of nitrogens with one attached hydrogen (secondary N) is 1. The predicted octanol–water partition coefficient (Wildman–Crippen LogP) is 2.97. The van der Waals surface area contributed by atoms with E-state index in [0.717, 1.165) is 16.9 Å². The van der Waals surface area contributed by atoms with Gasteiger partial charge in [-0.25, -0.2) is 0 Å². The van der Waals surface area contributed by atoms with Gasteiger partial charge >= 0.3 is 0 Å². The number of rotatable bonds is 4. The molecule has 3 rings (SSSR count). The van der Waals surface area contributed by atoms with Crippen LogP contribution in [-0.2, 0) is 11.3 Å². The Balaban J connectivity index is 2.02. The molecule has 2 aromatic carbocycles. The Morgan fingerprint density at radius 3 is 2.52 bits per heavy atom. The minimum atomic E-state index is 0.0352. The van der Waals surface area contributed by atoms with Gasteiger partial charge in [-0.2, -0.15) is 0 Å². The molecule has 5 heteroatoms. The Morgan fingerprint density at radius 2 is 1.83 bits per heavy atom. The molecule has 120 valence electrons. The molecule has 1 amide bonds. The maximum absolute atomic E-state index is 12.4. The molecule has 5 nitrogen and oxygen atoms in total. The number of hydrogen-bond donors (Lipinski definition) is 1. The van der Waals surface area contributed by atoms with Gasteiger partial charge in [-0.15, -0.1) is 0 Å². The molecule has 1 aliphatic rings. The lowest BCUT2D eigenvalue weighted by Gasteiger charge is -2.31. The van der Waals surface area contributed by atoms with Crippen molar-refractivity contribution in [2.75, 3.05) is 31.0 Å². The second kappa shape index (κ2) is 6.20. The van der Waals surface area contributed by atoms with Crippen molar-refractivity contribution in [3.63, 3.8) is 0 Å². The molecular formula is C18H20N2O3. The summed E-state index contributed by atoms with van der Waals surface area (Å²) in [7, 11) is 3.19. The number of carbonyl (C=O) groups excluding carboxylic acids is 1. The molecule has 1 aliphatic heterocycles. The molecule has 0 atom stereocenters. The Labute approximate surface area is 135 Å². The van der Waals surface area contributed by atoms with E-state index < -0.39 is 0 Å². The first-order chi connectivity index (χ1) is 11.1. The van der Waals surface area contributed by atoms with Gasteiger partial charge in [0, 0.05) is 12.1 Å². The lowest BCUT2D eigenvalue weighted by molar-refractivity contribution is -0.117. The molecule has 0 spiro atoms. The zero-order chi connectivity index (χ0) is 16.4. The van der Waals surface area contributed by atoms with Crippen LogP contribution in [0.5, 0.6) is 11.5 Å². The highest BCUT2D eigenvalue weighted by Gasteiger charge is 2.26. The van der Waals surface area contributed by atoms with E-state index in [0.29, 0.717) is 18.0 Å². The van der Waals surface area contributed by atoms with E-state index in [1.807, 2.05) is 30.3 Å². The number of hydrogen-bond acceptors (Lipinski definition) is 4. The molecule has 0 bridgehead atoms. The number of nitrogens with zero attached hydrogens (tertiary/aromatic N) is 1. The zero-order valence-corrected chi connectivity index (χ0v) is 13.6. The number of carbonyl (C=O) groups is 1. The highest BCUT2D eigenvalue weighted by Crippen LogP contribution is 2.40. The van der Waals surface area contributed by atoms with Crippen LogP contribution in [0.2, 0.25) is 0 Å². The van der Waals surface area contributed by atoms with Gasteiger partial charge < -0.3 is 19.7 Å². The van der Waals surface area contributed by atoms with E-state index in [-0.39, 0.29) is 12.5 Å². The molecule has 0 fully saturated rings. The number of ether oxygens (including phenoxy) is 2. The third-order valence-electron chi connectivity index (χ3n) is 4.11. The standard InChI is InChI=1S/C18H20N2O3/c1-12-6-4-5-7-13(12)11-20-15-9-17(23-3)16(22-2)8-14(15)19-10-18(20)21/h4-9,19H,10-11H2,1-3H3. The lowest BCUT2D eigenvalue weighted by Crippen LogP contribution is -2.39. The first-order valence-electron chi connectivity index (χ1n) is 7.49. The minimum Gasteiger partial charge on any atom is -0.493 e. The monoisotopic (exact) mass is 312 g/mol. The highest BCUT2D eigenvalue weighted by atomic mass is 16.5. The predicted molar refractivity (Wildman–Crippen MR) is 90.4 cm³/mol. The Morgan fingerprint density at radius 1 is 1.13 bits per heavy atom. The average Bonchev–Trinajstić information content (AvgIpc) is 2.58. The Hall–Kier alpha value is -2.69. The van der Waals surface area contributed by atoms with Crippen LogP contribution in [0, 0.1) is 6.92 Å². The molecular weight excluding hydrogens is 292 g/mol. The molecule has 0 aromatic heterocycles. The van der Waals surface area contributed by atoms with Gasteiger partial charge in [0.25, 0.3) is 0 Å². The van der Waals surface area contributed by atoms with Crippen molar-refractivity contribution in [2.45, 2.75) is 13.5 Å². The second-order valence-electron chi connectivity index (χ2n) is 5.48. The Bertz CT molecular complexity index is 743. The van der Waals surface area contributed by atoms with Crippen LogP contribution < -0.4 is 19.7 Å². The summed E-state index contributed by atoms with van der Waals surface area (Å²) < 4.78 is 10.7. The summed E-state index contributed by atoms with van der Waals surface area (Å²) in [4.78, 5) is 14.2. The number of amides is 1. The van der Waals surface area contributed by atoms with Gasteiger partial charge in [0.2, 0.25) is 5.91 Å². The van der Waals surface area contributed by atoms with Crippen LogP contribution >= 0.6 is 0 Å². The van der Waals surface area contributed by atoms with Crippen molar-refractivity contribution in [3.05, 3.63) is 47.5 Å². The Kier molecular flexibility index (Phi) is 4.10. The van der Waals surface area contributed by atoms with E-state index >= 15 is 0 Å². The van der Waals surface area contributed by atoms with E-state index in [2.05, 4.69) is 18.3 Å². The SMILES string of the molecule is COc1cc2c(cc1OC)N(Cc1ccccc1C)C(=O)CN2. The lowest BCUT2D eigenvalue weighted by atomic mass is 10.1. The molecule has 1 heterocycles. The first kappa shape index (κ1) is 15.2. The van der Waals surface area contributed by atoms with Gasteiger partial charge in [0.1, 0.15) is 0 Å². The second-order valence-corrected chi connectivity index (χ2v) is 5.48. The summed E-state index contributed by atoms with van der Waals surface area (Å²) in [6, 6.07) is 11.8. The van der Waals surface area contributed by atoms with Gasteiger partial charge in [0.05, 0.1) is 38.7 Å². The maximum atomic E-state index is 12.4. The fourth-order valence-corrected chi connectivity index (χ4v) is 2.76. The average molecular weight is 312 g/mol. The quantitative estimate of drug-likeness (QED) is 0.943. The summed E-state index contributed by atoms with van der Waals surface area (Å²) in [6.07, 6.45) is 0. The van der Waals surface area contributed by atoms with Crippen molar-refractivity contribution >= 4 is 17.3 Å². The highest BCUT2D eigenvalue weighted by molar-refractivity contribution is 6.03. The van der Waals surface area contributed by atoms with Crippen molar-refractivity contribution in [1.82, 2.24) is 0 Å². The fraction of sp³-hybridized carbons (Fsp3) is 0.278. The smallest absolute Gasteiger partial charge is 0.246 e. The third kappa shape index (κ3) is 2.82. The minimum absolute atomic E-state index is 0.0352. The summed E-state index contributed by atoms with van der Waals surface area (Å²) in [5.41, 5.74) is 3.97. The van der Waals surface area contributed by atoms with Crippen molar-refractivity contribution in [1.29, 1.82) is 0 Å². The van der Waals surface area contributed by atoms with Crippen LogP contribution in [0.1, 0.15) is 11.1 Å². The zero-order valence-electron chi connectivity index (χ0n) is 13.6. The third-order valence-corrected chi connectivity index (χ3v) is 4.11. The molecule has 1 N–H and O–H groups in total. The van der Waals surface area contributed by atoms with Crippen LogP contribution in [0.4, 0.5) is 11.4 Å². The molecule has 0 radical (unpaired) electrons. The number of anilines is 2. The van der Waals surface area contributed by atoms with Gasteiger partial charge in [0.15, 0.2) is 11.5 Å². The van der Waals surface area contributed by atoms with Crippen LogP contribution in [0.25, 0.3) is 0 Å².